The van der Waals surface area contributed by atoms with E-state index in [1.807, 2.05) is 18.2 Å². The van der Waals surface area contributed by atoms with Gasteiger partial charge in [0.05, 0.1) is 0 Å². The lowest BCUT2D eigenvalue weighted by atomic mass is 9.82. The molecule has 1 aromatic rings. The highest BCUT2D eigenvalue weighted by Gasteiger charge is 2.50. The highest BCUT2D eigenvalue weighted by Crippen LogP contribution is 2.33. The summed E-state index contributed by atoms with van der Waals surface area (Å²) in [6, 6.07) is 9.98. The molecule has 1 saturated carbocycles. The van der Waals surface area contributed by atoms with Crippen molar-refractivity contribution in [1.82, 2.24) is 10.2 Å². The Bertz CT molecular complexity index is 521. The van der Waals surface area contributed by atoms with Gasteiger partial charge in [-0.15, -0.1) is 0 Å². The molecule has 112 valence electrons. The van der Waals surface area contributed by atoms with Crippen molar-refractivity contribution in [2.45, 2.75) is 50.5 Å². The second-order valence-corrected chi connectivity index (χ2v) is 6.12. The fraction of sp³-hybridized carbons (Fsp3) is 0.529. The monoisotopic (exact) mass is 286 g/mol. The highest BCUT2D eigenvalue weighted by atomic mass is 16.2. The number of nitrogens with one attached hydrogen (secondary N) is 1. The Morgan fingerprint density at radius 1 is 1.05 bits per heavy atom. The number of imide groups is 1. The zero-order chi connectivity index (χ0) is 14.7. The Morgan fingerprint density at radius 3 is 2.48 bits per heavy atom. The molecule has 2 aliphatic rings. The van der Waals surface area contributed by atoms with Gasteiger partial charge in [-0.05, 0) is 31.2 Å². The third kappa shape index (κ3) is 2.80. The smallest absolute Gasteiger partial charge is 0.323 e. The maximum Gasteiger partial charge on any atom is 0.325 e. The van der Waals surface area contributed by atoms with Crippen LogP contribution in [0, 0.1) is 0 Å². The summed E-state index contributed by atoms with van der Waals surface area (Å²) in [4.78, 5) is 26.1. The van der Waals surface area contributed by atoms with E-state index >= 15 is 0 Å². The Morgan fingerprint density at radius 2 is 1.76 bits per heavy atom. The number of rotatable bonds is 4. The SMILES string of the molecule is O=C1NC2(CCCCC2)C(=O)N1CCCc1ccccc1. The van der Waals surface area contributed by atoms with Gasteiger partial charge in [-0.2, -0.15) is 0 Å². The van der Waals surface area contributed by atoms with Crippen LogP contribution in [-0.4, -0.2) is 28.9 Å². The highest BCUT2D eigenvalue weighted by molar-refractivity contribution is 6.07. The molecule has 0 bridgehead atoms. The van der Waals surface area contributed by atoms with Crippen LogP contribution in [0.2, 0.25) is 0 Å². The van der Waals surface area contributed by atoms with E-state index in [1.54, 1.807) is 0 Å². The zero-order valence-electron chi connectivity index (χ0n) is 12.3. The second-order valence-electron chi connectivity index (χ2n) is 6.12. The fourth-order valence-electron chi connectivity index (χ4n) is 3.46. The molecule has 0 aromatic heterocycles. The molecule has 0 unspecified atom stereocenters. The first-order chi connectivity index (χ1) is 10.2. The summed E-state index contributed by atoms with van der Waals surface area (Å²) in [5, 5.41) is 2.96. The molecule has 1 spiro atoms. The number of carbonyl (C=O) groups is 2. The molecule has 1 aliphatic heterocycles. The fourth-order valence-corrected chi connectivity index (χ4v) is 3.46. The van der Waals surface area contributed by atoms with Crippen LogP contribution in [0.15, 0.2) is 30.3 Å². The molecular formula is C17H22N2O2. The Kier molecular flexibility index (Phi) is 3.95. The predicted molar refractivity (Wildman–Crippen MR) is 80.8 cm³/mol. The van der Waals surface area contributed by atoms with Crippen molar-refractivity contribution in [1.29, 1.82) is 0 Å². The first kappa shape index (κ1) is 14.1. The lowest BCUT2D eigenvalue weighted by molar-refractivity contribution is -0.132. The lowest BCUT2D eigenvalue weighted by Gasteiger charge is -2.30. The molecular weight excluding hydrogens is 264 g/mol. The summed E-state index contributed by atoms with van der Waals surface area (Å²) in [6.45, 7) is 0.515. The first-order valence-electron chi connectivity index (χ1n) is 7.89. The van der Waals surface area contributed by atoms with E-state index in [0.717, 1.165) is 38.5 Å². The minimum absolute atomic E-state index is 0.000242. The van der Waals surface area contributed by atoms with E-state index in [9.17, 15) is 9.59 Å². The Hall–Kier alpha value is -1.84. The van der Waals surface area contributed by atoms with Crippen molar-refractivity contribution in [3.05, 3.63) is 35.9 Å². The van der Waals surface area contributed by atoms with Crippen LogP contribution in [0.25, 0.3) is 0 Å². The van der Waals surface area contributed by atoms with Gasteiger partial charge in [-0.25, -0.2) is 4.79 Å². The number of aryl methyl sites for hydroxylation is 1. The summed E-state index contributed by atoms with van der Waals surface area (Å²) in [7, 11) is 0. The van der Waals surface area contributed by atoms with Gasteiger partial charge < -0.3 is 5.32 Å². The Labute approximate surface area is 125 Å². The van der Waals surface area contributed by atoms with Gasteiger partial charge in [0.15, 0.2) is 0 Å². The van der Waals surface area contributed by atoms with Crippen molar-refractivity contribution in [3.8, 4) is 0 Å². The van der Waals surface area contributed by atoms with E-state index in [1.165, 1.54) is 16.9 Å². The molecule has 0 radical (unpaired) electrons. The van der Waals surface area contributed by atoms with E-state index in [2.05, 4.69) is 17.4 Å². The van der Waals surface area contributed by atoms with Crippen LogP contribution in [0.5, 0.6) is 0 Å². The first-order valence-corrected chi connectivity index (χ1v) is 7.89. The average molecular weight is 286 g/mol. The standard InChI is InChI=1S/C17H22N2O2/c20-15-17(11-5-2-6-12-17)18-16(21)19(15)13-7-10-14-8-3-1-4-9-14/h1,3-4,8-9H,2,5-7,10-13H2,(H,18,21). The number of urea groups is 1. The van der Waals surface area contributed by atoms with E-state index < -0.39 is 5.54 Å². The summed E-state index contributed by atoms with van der Waals surface area (Å²) in [5.41, 5.74) is 0.666. The number of hydrogen-bond acceptors (Lipinski definition) is 2. The molecule has 1 N–H and O–H groups in total. The van der Waals surface area contributed by atoms with Crippen molar-refractivity contribution >= 4 is 11.9 Å². The van der Waals surface area contributed by atoms with Crippen LogP contribution >= 0.6 is 0 Å². The topological polar surface area (TPSA) is 49.4 Å². The number of nitrogens with zero attached hydrogens (tertiary/aromatic N) is 1. The maximum atomic E-state index is 12.6. The van der Waals surface area contributed by atoms with Gasteiger partial charge in [0.1, 0.15) is 5.54 Å². The van der Waals surface area contributed by atoms with E-state index in [-0.39, 0.29) is 11.9 Å². The molecule has 1 aliphatic carbocycles. The molecule has 1 saturated heterocycles. The van der Waals surface area contributed by atoms with Crippen LogP contribution < -0.4 is 5.32 Å². The maximum absolute atomic E-state index is 12.6. The molecule has 4 nitrogen and oxygen atoms in total. The minimum Gasteiger partial charge on any atom is -0.323 e. The van der Waals surface area contributed by atoms with Crippen LogP contribution in [0.3, 0.4) is 0 Å². The molecule has 3 amide bonds. The number of amides is 3. The Balaban J connectivity index is 1.58. The molecule has 0 atom stereocenters. The number of carbonyl (C=O) groups excluding carboxylic acids is 2. The minimum atomic E-state index is -0.581. The van der Waals surface area contributed by atoms with E-state index in [4.69, 9.17) is 0 Å². The molecule has 1 aromatic carbocycles. The third-order valence-electron chi connectivity index (χ3n) is 4.64. The van der Waals surface area contributed by atoms with Gasteiger partial charge in [0.2, 0.25) is 0 Å². The average Bonchev–Trinajstić information content (AvgIpc) is 2.73. The van der Waals surface area contributed by atoms with Crippen molar-refractivity contribution in [2.75, 3.05) is 6.54 Å². The zero-order valence-corrected chi connectivity index (χ0v) is 12.3. The number of benzene rings is 1. The summed E-state index contributed by atoms with van der Waals surface area (Å²) >= 11 is 0. The predicted octanol–water partition coefficient (Wildman–Crippen LogP) is 2.87. The molecule has 1 heterocycles. The molecule has 4 heteroatoms. The largest absolute Gasteiger partial charge is 0.325 e. The summed E-state index contributed by atoms with van der Waals surface area (Å²) < 4.78 is 0. The van der Waals surface area contributed by atoms with Gasteiger partial charge in [0, 0.05) is 6.54 Å². The van der Waals surface area contributed by atoms with Crippen molar-refractivity contribution in [3.63, 3.8) is 0 Å². The van der Waals surface area contributed by atoms with Crippen molar-refractivity contribution < 1.29 is 9.59 Å². The van der Waals surface area contributed by atoms with Gasteiger partial charge in [-0.3, -0.25) is 9.69 Å². The molecule has 2 fully saturated rings. The molecule has 3 rings (SSSR count). The van der Waals surface area contributed by atoms with Crippen LogP contribution in [0.1, 0.15) is 44.1 Å². The normalized spacial score (nSPS) is 20.9. The van der Waals surface area contributed by atoms with E-state index in [0.29, 0.717) is 6.54 Å². The van der Waals surface area contributed by atoms with Crippen LogP contribution in [-0.2, 0) is 11.2 Å². The van der Waals surface area contributed by atoms with Gasteiger partial charge in [0.25, 0.3) is 5.91 Å². The third-order valence-corrected chi connectivity index (χ3v) is 4.64. The lowest BCUT2D eigenvalue weighted by Crippen LogP contribution is -2.48. The summed E-state index contributed by atoms with van der Waals surface area (Å²) in [5.74, 6) is 0.000242. The molecule has 21 heavy (non-hydrogen) atoms. The van der Waals surface area contributed by atoms with Crippen LogP contribution in [0.4, 0.5) is 4.79 Å². The number of hydrogen-bond donors (Lipinski definition) is 1. The second kappa shape index (κ2) is 5.88. The van der Waals surface area contributed by atoms with Gasteiger partial charge >= 0.3 is 6.03 Å². The van der Waals surface area contributed by atoms with Crippen molar-refractivity contribution in [2.24, 2.45) is 0 Å². The quantitative estimate of drug-likeness (QED) is 0.865. The summed E-state index contributed by atoms with van der Waals surface area (Å²) in [6.07, 6.45) is 6.54. The van der Waals surface area contributed by atoms with Gasteiger partial charge in [-0.1, -0.05) is 49.6 Å².